The van der Waals surface area contributed by atoms with Gasteiger partial charge in [-0.15, -0.1) is 0 Å². The van der Waals surface area contributed by atoms with Crippen molar-refractivity contribution < 1.29 is 23.5 Å². The van der Waals surface area contributed by atoms with Crippen molar-refractivity contribution in [1.29, 1.82) is 0 Å². The standard InChI is InChI=1S/C36H29FN2O4/c1-21(2)43-26-17-13-24(14-18-26)33(41)31-30(32(40)23-11-15-25(37)16-12-23)36(28-9-5-6-10-29(28)38-35(36)42)34-27-8-4-3-7-22(27)19-20-39(31)34/h3-21,30-31,34H,1-2H3,(H,38,42)/t30-,31+,34-,36-/m1/s1. The van der Waals surface area contributed by atoms with E-state index in [4.69, 9.17) is 4.74 Å². The fraction of sp³-hybridized carbons (Fsp3) is 0.194. The number of hydrogen-bond donors (Lipinski definition) is 1. The lowest BCUT2D eigenvalue weighted by Crippen LogP contribution is -2.49. The van der Waals surface area contributed by atoms with Gasteiger partial charge in [-0.05, 0) is 91.2 Å². The molecule has 1 fully saturated rings. The van der Waals surface area contributed by atoms with Crippen molar-refractivity contribution in [1.82, 2.24) is 4.90 Å². The maximum atomic E-state index is 14.7. The van der Waals surface area contributed by atoms with Gasteiger partial charge >= 0.3 is 0 Å². The lowest BCUT2D eigenvalue weighted by atomic mass is 9.62. The van der Waals surface area contributed by atoms with Crippen molar-refractivity contribution >= 4 is 29.2 Å². The Kier molecular flexibility index (Phi) is 6.27. The zero-order valence-electron chi connectivity index (χ0n) is 23.7. The first-order valence-electron chi connectivity index (χ1n) is 14.4. The van der Waals surface area contributed by atoms with E-state index in [0.29, 0.717) is 22.6 Å². The first-order valence-corrected chi connectivity index (χ1v) is 14.4. The summed E-state index contributed by atoms with van der Waals surface area (Å²) in [4.78, 5) is 45.7. The Morgan fingerprint density at radius 1 is 0.860 bits per heavy atom. The van der Waals surface area contributed by atoms with Gasteiger partial charge in [0, 0.05) is 23.0 Å². The Balaban J connectivity index is 1.47. The second-order valence-electron chi connectivity index (χ2n) is 11.5. The summed E-state index contributed by atoms with van der Waals surface area (Å²) in [6, 6.07) is 25.6. The van der Waals surface area contributed by atoms with Gasteiger partial charge in [0.15, 0.2) is 11.6 Å². The van der Waals surface area contributed by atoms with Crippen molar-refractivity contribution in [3.8, 4) is 5.75 Å². The van der Waals surface area contributed by atoms with Gasteiger partial charge in [-0.2, -0.15) is 0 Å². The quantitative estimate of drug-likeness (QED) is 0.264. The minimum Gasteiger partial charge on any atom is -0.491 e. The van der Waals surface area contributed by atoms with Crippen molar-refractivity contribution in [3.05, 3.63) is 137 Å². The van der Waals surface area contributed by atoms with E-state index in [1.165, 1.54) is 24.3 Å². The number of nitrogens with one attached hydrogen (secondary N) is 1. The third-order valence-electron chi connectivity index (χ3n) is 8.76. The Bertz CT molecular complexity index is 1800. The summed E-state index contributed by atoms with van der Waals surface area (Å²) in [6.45, 7) is 3.85. The Morgan fingerprint density at radius 2 is 1.51 bits per heavy atom. The number of amides is 1. The lowest BCUT2D eigenvalue weighted by Gasteiger charge is -2.38. The van der Waals surface area contributed by atoms with E-state index in [2.05, 4.69) is 5.32 Å². The minimum atomic E-state index is -1.44. The first kappa shape index (κ1) is 26.8. The van der Waals surface area contributed by atoms with Crippen LogP contribution in [0, 0.1) is 11.7 Å². The Labute approximate surface area is 248 Å². The normalized spacial score (nSPS) is 23.1. The number of halogens is 1. The van der Waals surface area contributed by atoms with Gasteiger partial charge in [-0.3, -0.25) is 14.4 Å². The molecule has 1 N–H and O–H groups in total. The zero-order chi connectivity index (χ0) is 29.9. The van der Waals surface area contributed by atoms with E-state index < -0.39 is 35.0 Å². The van der Waals surface area contributed by atoms with Crippen molar-refractivity contribution in [2.75, 3.05) is 5.32 Å². The van der Waals surface area contributed by atoms with Crippen LogP contribution in [0.5, 0.6) is 5.75 Å². The molecule has 3 aliphatic heterocycles. The molecule has 0 radical (unpaired) electrons. The highest BCUT2D eigenvalue weighted by atomic mass is 19.1. The van der Waals surface area contributed by atoms with Crippen molar-refractivity contribution in [2.24, 2.45) is 5.92 Å². The fourth-order valence-corrected chi connectivity index (χ4v) is 7.10. The minimum absolute atomic E-state index is 0.0331. The van der Waals surface area contributed by atoms with Gasteiger partial charge in [-0.25, -0.2) is 4.39 Å². The molecular weight excluding hydrogens is 543 g/mol. The number of fused-ring (bicyclic) bond motifs is 6. The molecule has 1 saturated heterocycles. The summed E-state index contributed by atoms with van der Waals surface area (Å²) in [6.07, 6.45) is 3.72. The molecule has 7 heteroatoms. The molecular formula is C36H29FN2O4. The highest BCUT2D eigenvalue weighted by Gasteiger charge is 2.70. The van der Waals surface area contributed by atoms with Crippen LogP contribution >= 0.6 is 0 Å². The Morgan fingerprint density at radius 3 is 2.26 bits per heavy atom. The van der Waals surface area contributed by atoms with E-state index >= 15 is 0 Å². The van der Waals surface area contributed by atoms with Crippen LogP contribution < -0.4 is 10.1 Å². The average Bonchev–Trinajstić information content (AvgIpc) is 3.49. The van der Waals surface area contributed by atoms with Gasteiger partial charge in [0.05, 0.1) is 18.1 Å². The van der Waals surface area contributed by atoms with E-state index in [-0.39, 0.29) is 23.4 Å². The average molecular weight is 573 g/mol. The highest BCUT2D eigenvalue weighted by Crippen LogP contribution is 2.62. The van der Waals surface area contributed by atoms with Crippen LogP contribution in [0.15, 0.2) is 103 Å². The summed E-state index contributed by atoms with van der Waals surface area (Å²) in [5.41, 5.74) is 2.23. The summed E-state index contributed by atoms with van der Waals surface area (Å²) in [5, 5.41) is 3.03. The fourth-order valence-electron chi connectivity index (χ4n) is 7.10. The number of benzene rings is 4. The number of Topliss-reactive ketones (excluding diaryl/α,β-unsaturated/α-hetero) is 2. The topological polar surface area (TPSA) is 75.7 Å². The Hall–Kier alpha value is -5.04. The highest BCUT2D eigenvalue weighted by molar-refractivity contribution is 6.16. The van der Waals surface area contributed by atoms with Gasteiger partial charge in [0.2, 0.25) is 5.91 Å². The monoisotopic (exact) mass is 572 g/mol. The van der Waals surface area contributed by atoms with Crippen LogP contribution in [0.1, 0.15) is 57.3 Å². The summed E-state index contributed by atoms with van der Waals surface area (Å²) in [7, 11) is 0. The second kappa shape index (κ2) is 10.1. The summed E-state index contributed by atoms with van der Waals surface area (Å²) < 4.78 is 19.8. The van der Waals surface area contributed by atoms with E-state index in [1.807, 2.05) is 79.6 Å². The van der Waals surface area contributed by atoms with Gasteiger partial charge in [0.1, 0.15) is 23.0 Å². The molecule has 4 aromatic carbocycles. The number of carbonyl (C=O) groups is 3. The first-order chi connectivity index (χ1) is 20.8. The zero-order valence-corrected chi connectivity index (χ0v) is 23.7. The molecule has 43 heavy (non-hydrogen) atoms. The SMILES string of the molecule is CC(C)Oc1ccc(C(=O)[C@@H]2[C@H](C(=O)c3ccc(F)cc3)[C@@]3(C(=O)Nc4ccccc43)[C@H]3c4ccccc4C=CN23)cc1. The maximum Gasteiger partial charge on any atom is 0.238 e. The number of hydrogen-bond acceptors (Lipinski definition) is 5. The molecule has 0 unspecified atom stereocenters. The summed E-state index contributed by atoms with van der Waals surface area (Å²) in [5.74, 6) is -2.01. The number of nitrogens with zero attached hydrogens (tertiary/aromatic N) is 1. The number of carbonyl (C=O) groups excluding carboxylic acids is 3. The molecule has 3 aliphatic rings. The van der Waals surface area contributed by atoms with Crippen LogP contribution in [0.3, 0.4) is 0 Å². The van der Waals surface area contributed by atoms with E-state index in [0.717, 1.165) is 11.1 Å². The second-order valence-corrected chi connectivity index (χ2v) is 11.5. The molecule has 6 nitrogen and oxygen atoms in total. The van der Waals surface area contributed by atoms with Gasteiger partial charge < -0.3 is 15.0 Å². The number of ether oxygens (including phenoxy) is 1. The molecule has 7 rings (SSSR count). The molecule has 214 valence electrons. The molecule has 3 heterocycles. The van der Waals surface area contributed by atoms with Crippen LogP contribution in [0.2, 0.25) is 0 Å². The molecule has 1 amide bonds. The van der Waals surface area contributed by atoms with E-state index in [1.54, 1.807) is 24.3 Å². The third kappa shape index (κ3) is 4.02. The number of rotatable bonds is 6. The van der Waals surface area contributed by atoms with Crippen LogP contribution in [-0.4, -0.2) is 34.5 Å². The number of anilines is 1. The van der Waals surface area contributed by atoms with Gasteiger partial charge in [0.25, 0.3) is 0 Å². The predicted octanol–water partition coefficient (Wildman–Crippen LogP) is 6.59. The lowest BCUT2D eigenvalue weighted by molar-refractivity contribution is -0.122. The van der Waals surface area contributed by atoms with E-state index in [9.17, 15) is 18.8 Å². The van der Waals surface area contributed by atoms with Gasteiger partial charge in [-0.1, -0.05) is 42.5 Å². The summed E-state index contributed by atoms with van der Waals surface area (Å²) >= 11 is 0. The third-order valence-corrected chi connectivity index (χ3v) is 8.76. The van der Waals surface area contributed by atoms with Crippen LogP contribution in [-0.2, 0) is 10.2 Å². The molecule has 4 aromatic rings. The number of ketones is 2. The van der Waals surface area contributed by atoms with Crippen LogP contribution in [0.4, 0.5) is 10.1 Å². The predicted molar refractivity (Wildman–Crippen MR) is 161 cm³/mol. The van der Waals surface area contributed by atoms with Crippen molar-refractivity contribution in [3.63, 3.8) is 0 Å². The number of para-hydroxylation sites is 1. The molecule has 0 aliphatic carbocycles. The molecule has 0 bridgehead atoms. The van der Waals surface area contributed by atoms with Crippen LogP contribution in [0.25, 0.3) is 6.08 Å². The largest absolute Gasteiger partial charge is 0.491 e. The molecule has 1 spiro atoms. The smallest absolute Gasteiger partial charge is 0.238 e. The molecule has 0 saturated carbocycles. The maximum absolute atomic E-state index is 14.7. The molecule has 4 atom stereocenters. The van der Waals surface area contributed by atoms with Crippen molar-refractivity contribution in [2.45, 2.75) is 37.5 Å². The molecule has 0 aromatic heterocycles.